The minimum absolute atomic E-state index is 0.103. The normalized spacial score (nSPS) is 20.0. The van der Waals surface area contributed by atoms with Gasteiger partial charge in [0.15, 0.2) is 6.29 Å². The van der Waals surface area contributed by atoms with E-state index >= 15 is 0 Å². The standard InChI is InChI=1S/C36H38O7/c37-36(31-19-11-4-12-20-31)40-22-21-39-34-23-32(41-25-29-15-7-2-8-16-29)35(42-26-30-17-9-3-10-18-30)33(43-34)27-38-24-28-13-5-1-6-14-28/h1-20,32-35H,21-27H2/t32-,33-,34+,35+/m1/s1. The first kappa shape index (κ1) is 30.6. The molecule has 0 radical (unpaired) electrons. The number of hydrogen-bond donors (Lipinski definition) is 0. The van der Waals surface area contributed by atoms with Crippen molar-refractivity contribution < 1.29 is 33.2 Å². The minimum Gasteiger partial charge on any atom is -0.460 e. The molecule has 1 fully saturated rings. The molecule has 0 spiro atoms. The molecule has 43 heavy (non-hydrogen) atoms. The van der Waals surface area contributed by atoms with E-state index in [9.17, 15) is 4.79 Å². The third kappa shape index (κ3) is 9.85. The topological polar surface area (TPSA) is 72.5 Å². The van der Waals surface area contributed by atoms with Crippen molar-refractivity contribution in [3.8, 4) is 0 Å². The summed E-state index contributed by atoms with van der Waals surface area (Å²) in [5.41, 5.74) is 3.70. The molecule has 0 aromatic heterocycles. The van der Waals surface area contributed by atoms with Gasteiger partial charge in [-0.3, -0.25) is 0 Å². The summed E-state index contributed by atoms with van der Waals surface area (Å²) < 4.78 is 37.0. The smallest absolute Gasteiger partial charge is 0.338 e. The van der Waals surface area contributed by atoms with E-state index in [0.717, 1.165) is 16.7 Å². The molecule has 7 heteroatoms. The Morgan fingerprint density at radius 3 is 1.77 bits per heavy atom. The molecule has 1 aliphatic heterocycles. The molecule has 0 unspecified atom stereocenters. The average Bonchev–Trinajstić information content (AvgIpc) is 3.07. The zero-order chi connectivity index (χ0) is 29.5. The van der Waals surface area contributed by atoms with Gasteiger partial charge in [0.1, 0.15) is 18.8 Å². The van der Waals surface area contributed by atoms with Gasteiger partial charge in [0.2, 0.25) is 0 Å². The molecule has 0 amide bonds. The third-order valence-electron chi connectivity index (χ3n) is 7.10. The number of carbonyl (C=O) groups is 1. The van der Waals surface area contributed by atoms with Gasteiger partial charge < -0.3 is 28.4 Å². The maximum Gasteiger partial charge on any atom is 0.338 e. The molecule has 0 bridgehead atoms. The van der Waals surface area contributed by atoms with Gasteiger partial charge in [-0.25, -0.2) is 4.79 Å². The number of hydrogen-bond acceptors (Lipinski definition) is 7. The van der Waals surface area contributed by atoms with Crippen molar-refractivity contribution in [3.05, 3.63) is 144 Å². The molecule has 7 nitrogen and oxygen atoms in total. The lowest BCUT2D eigenvalue weighted by Crippen LogP contribution is -2.53. The van der Waals surface area contributed by atoms with Crippen LogP contribution in [0.2, 0.25) is 0 Å². The van der Waals surface area contributed by atoms with Crippen LogP contribution in [-0.2, 0) is 48.2 Å². The highest BCUT2D eigenvalue weighted by Gasteiger charge is 2.41. The molecule has 1 heterocycles. The van der Waals surface area contributed by atoms with Gasteiger partial charge in [-0.15, -0.1) is 0 Å². The van der Waals surface area contributed by atoms with Gasteiger partial charge in [0.25, 0.3) is 0 Å². The van der Waals surface area contributed by atoms with Gasteiger partial charge in [-0.2, -0.15) is 0 Å². The molecule has 1 saturated heterocycles. The summed E-state index contributed by atoms with van der Waals surface area (Å²) in [6.45, 7) is 1.87. The maximum atomic E-state index is 12.3. The van der Waals surface area contributed by atoms with Crippen molar-refractivity contribution in [2.75, 3.05) is 19.8 Å². The number of esters is 1. The van der Waals surface area contributed by atoms with Crippen LogP contribution in [0.15, 0.2) is 121 Å². The van der Waals surface area contributed by atoms with Crippen LogP contribution < -0.4 is 0 Å². The van der Waals surface area contributed by atoms with Crippen LogP contribution in [0.1, 0.15) is 33.5 Å². The van der Waals surface area contributed by atoms with Crippen LogP contribution in [0.3, 0.4) is 0 Å². The summed E-state index contributed by atoms with van der Waals surface area (Å²) in [7, 11) is 0. The second-order valence-electron chi connectivity index (χ2n) is 10.3. The summed E-state index contributed by atoms with van der Waals surface area (Å²) in [4.78, 5) is 12.3. The van der Waals surface area contributed by atoms with Crippen molar-refractivity contribution in [1.29, 1.82) is 0 Å². The van der Waals surface area contributed by atoms with Crippen LogP contribution in [0.5, 0.6) is 0 Å². The fraction of sp³-hybridized carbons (Fsp3) is 0.306. The Bertz CT molecular complexity index is 1340. The molecule has 4 aromatic carbocycles. The van der Waals surface area contributed by atoms with E-state index in [1.54, 1.807) is 24.3 Å². The Kier molecular flexibility index (Phi) is 11.9. The Hall–Kier alpha value is -3.85. The van der Waals surface area contributed by atoms with Crippen LogP contribution in [0.25, 0.3) is 0 Å². The Labute approximate surface area is 253 Å². The lowest BCUT2D eigenvalue weighted by Gasteiger charge is -2.41. The largest absolute Gasteiger partial charge is 0.460 e. The molecule has 4 atom stereocenters. The zero-order valence-corrected chi connectivity index (χ0v) is 24.2. The first-order valence-corrected chi connectivity index (χ1v) is 14.7. The van der Waals surface area contributed by atoms with Crippen molar-refractivity contribution in [1.82, 2.24) is 0 Å². The highest BCUT2D eigenvalue weighted by molar-refractivity contribution is 5.89. The number of benzene rings is 4. The van der Waals surface area contributed by atoms with E-state index < -0.39 is 18.5 Å². The minimum atomic E-state index is -0.585. The van der Waals surface area contributed by atoms with E-state index in [1.807, 2.05) is 97.1 Å². The Morgan fingerprint density at radius 1 is 0.628 bits per heavy atom. The molecule has 5 rings (SSSR count). The highest BCUT2D eigenvalue weighted by Crippen LogP contribution is 2.28. The number of carbonyl (C=O) groups excluding carboxylic acids is 1. The molecule has 0 N–H and O–H groups in total. The van der Waals surface area contributed by atoms with Crippen molar-refractivity contribution >= 4 is 5.97 Å². The molecule has 0 aliphatic carbocycles. The number of rotatable bonds is 15. The lowest BCUT2D eigenvalue weighted by molar-refractivity contribution is -0.279. The van der Waals surface area contributed by atoms with E-state index in [1.165, 1.54) is 0 Å². The van der Waals surface area contributed by atoms with Crippen molar-refractivity contribution in [2.45, 2.75) is 50.8 Å². The summed E-state index contributed by atoms with van der Waals surface area (Å²) in [6.07, 6.45) is -1.29. The monoisotopic (exact) mass is 582 g/mol. The summed E-state index contributed by atoms with van der Waals surface area (Å²) in [5.74, 6) is -0.389. The first-order chi connectivity index (χ1) is 21.2. The fourth-order valence-corrected chi connectivity index (χ4v) is 4.89. The van der Waals surface area contributed by atoms with Gasteiger partial charge >= 0.3 is 5.97 Å². The van der Waals surface area contributed by atoms with Crippen molar-refractivity contribution in [2.24, 2.45) is 0 Å². The average molecular weight is 583 g/mol. The third-order valence-corrected chi connectivity index (χ3v) is 7.10. The molecule has 1 aliphatic rings. The maximum absolute atomic E-state index is 12.3. The predicted molar refractivity (Wildman–Crippen MR) is 162 cm³/mol. The van der Waals surface area contributed by atoms with E-state index in [0.29, 0.717) is 38.4 Å². The molecule has 4 aromatic rings. The lowest BCUT2D eigenvalue weighted by atomic mass is 10.0. The van der Waals surface area contributed by atoms with E-state index in [-0.39, 0.29) is 25.3 Å². The van der Waals surface area contributed by atoms with E-state index in [4.69, 9.17) is 28.4 Å². The van der Waals surface area contributed by atoms with Gasteiger partial charge in [-0.05, 0) is 28.8 Å². The fourth-order valence-electron chi connectivity index (χ4n) is 4.89. The van der Waals surface area contributed by atoms with Crippen LogP contribution in [0, 0.1) is 0 Å². The van der Waals surface area contributed by atoms with Crippen molar-refractivity contribution in [3.63, 3.8) is 0 Å². The van der Waals surface area contributed by atoms with Gasteiger partial charge in [0.05, 0.1) is 44.7 Å². The quantitative estimate of drug-likeness (QED) is 0.119. The molecule has 224 valence electrons. The van der Waals surface area contributed by atoms with Crippen LogP contribution >= 0.6 is 0 Å². The summed E-state index contributed by atoms with van der Waals surface area (Å²) in [5, 5.41) is 0. The number of ether oxygens (including phenoxy) is 6. The Morgan fingerprint density at radius 2 is 1.16 bits per heavy atom. The Balaban J connectivity index is 1.24. The van der Waals surface area contributed by atoms with Gasteiger partial charge in [-0.1, -0.05) is 109 Å². The second kappa shape index (κ2) is 16.7. The first-order valence-electron chi connectivity index (χ1n) is 14.7. The highest BCUT2D eigenvalue weighted by atomic mass is 16.7. The SMILES string of the molecule is O=C(OCCO[C@@H]1C[C@@H](OCc2ccccc2)[C@H](OCc2ccccc2)[C@@H](COCc2ccccc2)O1)c1ccccc1. The molecular formula is C36H38O7. The summed E-state index contributed by atoms with van der Waals surface area (Å²) >= 11 is 0. The summed E-state index contributed by atoms with van der Waals surface area (Å²) in [6, 6.07) is 39.0. The van der Waals surface area contributed by atoms with Crippen LogP contribution in [-0.4, -0.2) is 50.4 Å². The van der Waals surface area contributed by atoms with Crippen LogP contribution in [0.4, 0.5) is 0 Å². The predicted octanol–water partition coefficient (Wildman–Crippen LogP) is 6.36. The zero-order valence-electron chi connectivity index (χ0n) is 24.2. The van der Waals surface area contributed by atoms with Gasteiger partial charge in [0, 0.05) is 6.42 Å². The second-order valence-corrected chi connectivity index (χ2v) is 10.3. The van der Waals surface area contributed by atoms with E-state index in [2.05, 4.69) is 0 Å². The molecular weight excluding hydrogens is 544 g/mol. The molecule has 0 saturated carbocycles.